The van der Waals surface area contributed by atoms with Crippen LogP contribution in [0.3, 0.4) is 0 Å². The number of morpholine rings is 1. The van der Waals surface area contributed by atoms with E-state index >= 15 is 0 Å². The number of benzene rings is 1. The number of carbonyl (C=O) groups is 3. The summed E-state index contributed by atoms with van der Waals surface area (Å²) in [6.07, 6.45) is -0.900. The Morgan fingerprint density at radius 2 is 1.61 bits per heavy atom. The quantitative estimate of drug-likeness (QED) is 0.0272. The summed E-state index contributed by atoms with van der Waals surface area (Å²) in [4.78, 5) is 38.8. The number of carbonyl (C=O) groups excluding carboxylic acids is 3. The number of halogens is 1. The highest BCUT2D eigenvalue weighted by atomic mass is 19.1. The average Bonchev–Trinajstić information content (AvgIpc) is 3.37. The van der Waals surface area contributed by atoms with Gasteiger partial charge in [-0.15, -0.1) is 0 Å². The standard InChI is InChI=1S/C26H33FN4O15/c1-11(33)17(34)15-13(9-31(22(15)39)25(43,23(40)28-2)26(44,45)24(41,42)10-32)21(38)29-7-12-16(27)20(37)19(36)14(18(12)35)8-30-3-5-46-6-4-30/h10,29,33-38,41-45H,1,3-9H2,2H3,(H,28,40)/b17-15-,21-13-. The number of amides is 2. The Morgan fingerprint density at radius 3 is 2.13 bits per heavy atom. The summed E-state index contributed by atoms with van der Waals surface area (Å²) in [5, 5.41) is 118. The molecular formula is C26H33FN4O15. The van der Waals surface area contributed by atoms with Crippen molar-refractivity contribution in [2.45, 2.75) is 30.4 Å². The molecule has 1 atom stereocenters. The second-order valence-corrected chi connectivity index (χ2v) is 10.2. The number of aliphatic hydroxyl groups excluding tert-OH is 3. The number of aldehydes is 1. The van der Waals surface area contributed by atoms with Gasteiger partial charge in [-0.3, -0.25) is 24.2 Å². The van der Waals surface area contributed by atoms with Crippen molar-refractivity contribution in [3.8, 4) is 17.2 Å². The van der Waals surface area contributed by atoms with Gasteiger partial charge in [0.2, 0.25) is 0 Å². The van der Waals surface area contributed by atoms with Gasteiger partial charge in [-0.25, -0.2) is 4.39 Å². The van der Waals surface area contributed by atoms with Gasteiger partial charge in [0.05, 0.1) is 36.5 Å². The Kier molecular flexibility index (Phi) is 10.1. The van der Waals surface area contributed by atoms with Crippen molar-refractivity contribution in [3.63, 3.8) is 0 Å². The van der Waals surface area contributed by atoms with Gasteiger partial charge >= 0.3 is 0 Å². The summed E-state index contributed by atoms with van der Waals surface area (Å²) in [6, 6.07) is 0. The minimum Gasteiger partial charge on any atom is -0.507 e. The maximum atomic E-state index is 15.0. The van der Waals surface area contributed by atoms with Crippen molar-refractivity contribution < 1.29 is 79.7 Å². The smallest absolute Gasteiger partial charge is 0.285 e. The van der Waals surface area contributed by atoms with Crippen LogP contribution in [0.1, 0.15) is 11.1 Å². The third kappa shape index (κ3) is 5.85. The van der Waals surface area contributed by atoms with Crippen molar-refractivity contribution in [3.05, 3.63) is 52.1 Å². The Bertz CT molecular complexity index is 1500. The van der Waals surface area contributed by atoms with Gasteiger partial charge in [0.1, 0.15) is 5.75 Å². The van der Waals surface area contributed by atoms with Crippen LogP contribution in [0.5, 0.6) is 17.2 Å². The number of hydrogen-bond donors (Lipinski definition) is 13. The molecule has 0 aromatic heterocycles. The summed E-state index contributed by atoms with van der Waals surface area (Å²) >= 11 is 0. The van der Waals surface area contributed by atoms with Gasteiger partial charge in [0.15, 0.2) is 41.0 Å². The molecule has 1 unspecified atom stereocenters. The predicted octanol–water partition coefficient (Wildman–Crippen LogP) is -3.64. The number of phenolic OH excluding ortho intramolecular Hbond substituents is 3. The lowest BCUT2D eigenvalue weighted by atomic mass is 9.91. The minimum atomic E-state index is -4.61. The first-order valence-electron chi connectivity index (χ1n) is 13.1. The Balaban J connectivity index is 2.12. The van der Waals surface area contributed by atoms with Crippen LogP contribution < -0.4 is 10.6 Å². The lowest BCUT2D eigenvalue weighted by Gasteiger charge is -2.46. The van der Waals surface area contributed by atoms with Crippen molar-refractivity contribution in [2.75, 3.05) is 39.9 Å². The summed E-state index contributed by atoms with van der Waals surface area (Å²) in [5.41, 5.74) is -7.26. The van der Waals surface area contributed by atoms with Gasteiger partial charge in [0.25, 0.3) is 29.1 Å². The molecule has 1 aromatic rings. The molecular weight excluding hydrogens is 627 g/mol. The molecule has 46 heavy (non-hydrogen) atoms. The molecule has 20 heteroatoms. The van der Waals surface area contributed by atoms with E-state index in [1.807, 2.05) is 0 Å². The fraction of sp³-hybridized carbons (Fsp3) is 0.423. The normalized spacial score (nSPS) is 19.8. The summed E-state index contributed by atoms with van der Waals surface area (Å²) < 4.78 is 20.2. The number of phenols is 3. The first kappa shape index (κ1) is 35.8. The number of hydrogen-bond acceptors (Lipinski definition) is 17. The molecule has 2 aliphatic heterocycles. The van der Waals surface area contributed by atoms with Gasteiger partial charge in [-0.2, -0.15) is 0 Å². The zero-order valence-corrected chi connectivity index (χ0v) is 24.1. The molecule has 3 rings (SSSR count). The Morgan fingerprint density at radius 1 is 1.02 bits per heavy atom. The highest BCUT2D eigenvalue weighted by molar-refractivity contribution is 6.05. The molecule has 2 aliphatic rings. The van der Waals surface area contributed by atoms with Crippen molar-refractivity contribution in [1.29, 1.82) is 0 Å². The number of nitrogens with zero attached hydrogens (tertiary/aromatic N) is 2. The summed E-state index contributed by atoms with van der Waals surface area (Å²) in [6.45, 7) is 1.94. The lowest BCUT2D eigenvalue weighted by Crippen LogP contribution is -2.79. The molecule has 19 nitrogen and oxygen atoms in total. The fourth-order valence-electron chi connectivity index (χ4n) is 4.76. The second-order valence-electron chi connectivity index (χ2n) is 10.2. The number of rotatable bonds is 11. The van der Waals surface area contributed by atoms with Gasteiger partial charge in [0, 0.05) is 38.8 Å². The van der Waals surface area contributed by atoms with E-state index in [4.69, 9.17) is 4.74 Å². The van der Waals surface area contributed by atoms with Crippen LogP contribution in [0, 0.1) is 5.82 Å². The van der Waals surface area contributed by atoms with Crippen LogP contribution in [-0.2, 0) is 32.2 Å². The van der Waals surface area contributed by atoms with E-state index in [0.29, 0.717) is 26.3 Å². The maximum Gasteiger partial charge on any atom is 0.285 e. The highest BCUT2D eigenvalue weighted by Gasteiger charge is 2.71. The van der Waals surface area contributed by atoms with E-state index in [2.05, 4.69) is 11.9 Å². The minimum absolute atomic E-state index is 0.169. The largest absolute Gasteiger partial charge is 0.507 e. The number of likely N-dealkylation sites (N-methyl/N-ethyl adjacent to an activating group) is 1. The number of aliphatic hydroxyl groups is 8. The van der Waals surface area contributed by atoms with Crippen LogP contribution in [0.15, 0.2) is 35.1 Å². The monoisotopic (exact) mass is 660 g/mol. The third-order valence-electron chi connectivity index (χ3n) is 7.44. The number of likely N-dealkylation sites (tertiary alicyclic amines) is 1. The summed E-state index contributed by atoms with van der Waals surface area (Å²) in [7, 11) is 0.794. The summed E-state index contributed by atoms with van der Waals surface area (Å²) in [5.74, 6) is -21.1. The molecule has 2 saturated heterocycles. The van der Waals surface area contributed by atoms with Crippen LogP contribution in [0.2, 0.25) is 0 Å². The van der Waals surface area contributed by atoms with E-state index in [1.54, 1.807) is 10.2 Å². The highest BCUT2D eigenvalue weighted by Crippen LogP contribution is 2.43. The number of nitrogens with one attached hydrogen (secondary N) is 2. The molecule has 0 aliphatic carbocycles. The van der Waals surface area contributed by atoms with Gasteiger partial charge in [-0.1, -0.05) is 6.58 Å². The van der Waals surface area contributed by atoms with Gasteiger partial charge in [-0.05, 0) is 0 Å². The number of aromatic hydroxyl groups is 3. The molecule has 254 valence electrons. The second kappa shape index (κ2) is 13.0. The molecule has 1 aromatic carbocycles. The predicted molar refractivity (Wildman–Crippen MR) is 147 cm³/mol. The van der Waals surface area contributed by atoms with E-state index in [9.17, 15) is 74.9 Å². The molecule has 0 spiro atoms. The zero-order valence-electron chi connectivity index (χ0n) is 24.1. The molecule has 13 N–H and O–H groups in total. The molecule has 2 heterocycles. The zero-order chi connectivity index (χ0) is 34.9. The first-order valence-corrected chi connectivity index (χ1v) is 13.1. The molecule has 2 amide bonds. The molecule has 0 saturated carbocycles. The third-order valence-corrected chi connectivity index (χ3v) is 7.44. The van der Waals surface area contributed by atoms with E-state index < -0.39 is 106 Å². The van der Waals surface area contributed by atoms with Crippen molar-refractivity contribution in [2.24, 2.45) is 0 Å². The van der Waals surface area contributed by atoms with Crippen molar-refractivity contribution >= 4 is 18.1 Å². The van der Waals surface area contributed by atoms with Crippen LogP contribution in [-0.4, -0.2) is 141 Å². The molecule has 2 fully saturated rings. The van der Waals surface area contributed by atoms with E-state index in [1.165, 1.54) is 0 Å². The van der Waals surface area contributed by atoms with E-state index in [-0.39, 0.29) is 17.0 Å². The van der Waals surface area contributed by atoms with E-state index in [0.717, 1.165) is 7.05 Å². The maximum absolute atomic E-state index is 15.0. The molecule has 0 bridgehead atoms. The fourth-order valence-corrected chi connectivity index (χ4v) is 4.76. The average molecular weight is 661 g/mol. The topological polar surface area (TPSA) is 314 Å². The lowest BCUT2D eigenvalue weighted by molar-refractivity contribution is -0.398. The SMILES string of the molecule is C=C(O)/C(O)=C1/C(=O)N(C(O)(C(=O)NC)C(O)(O)C(O)(O)C=O)C/C1=C(/O)NCc1c(O)c(CN2CCOCC2)c(O)c(O)c1F. The van der Waals surface area contributed by atoms with Crippen LogP contribution in [0.25, 0.3) is 0 Å². The van der Waals surface area contributed by atoms with Crippen LogP contribution in [0.4, 0.5) is 4.39 Å². The number of ether oxygens (including phenoxy) is 1. The first-order chi connectivity index (χ1) is 21.3. The van der Waals surface area contributed by atoms with Gasteiger partial charge < -0.3 is 71.5 Å². The Labute approximate surface area is 258 Å². The van der Waals surface area contributed by atoms with Crippen LogP contribution >= 0.6 is 0 Å². The Hall–Kier alpha value is -4.70. The van der Waals surface area contributed by atoms with Crippen molar-refractivity contribution in [1.82, 2.24) is 20.4 Å². The molecule has 0 radical (unpaired) electrons.